The van der Waals surface area contributed by atoms with E-state index in [1.165, 1.54) is 11.1 Å². The maximum Gasteiger partial charge on any atom is 0.494 e. The minimum absolute atomic E-state index is 0.0392. The first-order chi connectivity index (χ1) is 14.8. The summed E-state index contributed by atoms with van der Waals surface area (Å²) in [5.41, 5.74) is 4.60. The molecule has 3 aromatic rings. The second-order valence-corrected chi connectivity index (χ2v) is 9.45. The quantitative estimate of drug-likeness (QED) is 0.465. The van der Waals surface area contributed by atoms with Crippen LogP contribution >= 0.6 is 0 Å². The zero-order valence-electron chi connectivity index (χ0n) is 18.9. The number of hydrogen-bond donors (Lipinski definition) is 1. The van der Waals surface area contributed by atoms with E-state index >= 15 is 0 Å². The molecule has 1 N–H and O–H groups in total. The Hall–Kier alpha value is -2.28. The molecule has 5 nitrogen and oxygen atoms in total. The van der Waals surface area contributed by atoms with E-state index in [1.807, 2.05) is 30.6 Å². The van der Waals surface area contributed by atoms with Crippen LogP contribution in [0.3, 0.4) is 0 Å². The lowest BCUT2D eigenvalue weighted by Gasteiger charge is -2.32. The maximum absolute atomic E-state index is 9.25. The van der Waals surface area contributed by atoms with Gasteiger partial charge in [0.15, 0.2) is 0 Å². The first-order valence-electron chi connectivity index (χ1n) is 11.1. The van der Waals surface area contributed by atoms with Crippen LogP contribution in [0.15, 0.2) is 48.9 Å². The zero-order valence-corrected chi connectivity index (χ0v) is 18.9. The van der Waals surface area contributed by atoms with E-state index in [1.54, 1.807) is 6.20 Å². The molecule has 3 heterocycles. The molecular formula is C25H31BN2O3. The molecule has 1 fully saturated rings. The molecule has 31 heavy (non-hydrogen) atoms. The Morgan fingerprint density at radius 1 is 0.839 bits per heavy atom. The second kappa shape index (κ2) is 8.69. The standard InChI is InChI=1S/C25H31BN2O3/c1-24(2)25(3,4)31-26(30-24)22-9-10-23-21(13-22)12-19(16-28-23)8-6-5-7-18-11-20(17-29)15-27-14-18/h9-16,29H,5-8,17H2,1-4H3. The fraction of sp³-hybridized carbons (Fsp3) is 0.440. The summed E-state index contributed by atoms with van der Waals surface area (Å²) in [6.45, 7) is 8.33. The number of pyridine rings is 2. The van der Waals surface area contributed by atoms with Crippen LogP contribution in [-0.4, -0.2) is 33.4 Å². The fourth-order valence-corrected chi connectivity index (χ4v) is 3.88. The highest BCUT2D eigenvalue weighted by Gasteiger charge is 2.51. The third-order valence-corrected chi connectivity index (χ3v) is 6.50. The Morgan fingerprint density at radius 2 is 1.48 bits per heavy atom. The predicted molar refractivity (Wildman–Crippen MR) is 124 cm³/mol. The highest BCUT2D eigenvalue weighted by Crippen LogP contribution is 2.36. The molecule has 0 atom stereocenters. The number of rotatable bonds is 7. The smallest absolute Gasteiger partial charge is 0.399 e. The summed E-state index contributed by atoms with van der Waals surface area (Å²) in [6, 6.07) is 10.5. The number of nitrogens with zero attached hydrogens (tertiary/aromatic N) is 2. The summed E-state index contributed by atoms with van der Waals surface area (Å²) in [4.78, 5) is 8.84. The predicted octanol–water partition coefficient (Wildman–Crippen LogP) is 3.99. The largest absolute Gasteiger partial charge is 0.494 e. The first kappa shape index (κ1) is 21.9. The number of benzene rings is 1. The van der Waals surface area contributed by atoms with Crippen molar-refractivity contribution in [2.45, 2.75) is 71.2 Å². The highest BCUT2D eigenvalue weighted by molar-refractivity contribution is 6.62. The summed E-state index contributed by atoms with van der Waals surface area (Å²) < 4.78 is 12.4. The number of fused-ring (bicyclic) bond motifs is 1. The molecular weight excluding hydrogens is 387 g/mol. The van der Waals surface area contributed by atoms with Gasteiger partial charge in [-0.1, -0.05) is 18.2 Å². The lowest BCUT2D eigenvalue weighted by molar-refractivity contribution is 0.00578. The molecule has 0 amide bonds. The number of aliphatic hydroxyl groups is 1. The number of aryl methyl sites for hydroxylation is 2. The van der Waals surface area contributed by atoms with Crippen molar-refractivity contribution < 1.29 is 14.4 Å². The Morgan fingerprint density at radius 3 is 2.16 bits per heavy atom. The first-order valence-corrected chi connectivity index (χ1v) is 11.1. The van der Waals surface area contributed by atoms with Crippen molar-refractivity contribution in [3.05, 3.63) is 65.6 Å². The molecule has 2 aromatic heterocycles. The molecule has 162 valence electrons. The van der Waals surface area contributed by atoms with E-state index in [4.69, 9.17) is 9.31 Å². The average Bonchev–Trinajstić information content (AvgIpc) is 2.98. The van der Waals surface area contributed by atoms with Gasteiger partial charge < -0.3 is 14.4 Å². The van der Waals surface area contributed by atoms with Crippen molar-refractivity contribution in [2.75, 3.05) is 0 Å². The van der Waals surface area contributed by atoms with Crippen LogP contribution in [0.1, 0.15) is 57.2 Å². The van der Waals surface area contributed by atoms with Crippen molar-refractivity contribution in [1.82, 2.24) is 9.97 Å². The van der Waals surface area contributed by atoms with Gasteiger partial charge in [0.05, 0.1) is 23.3 Å². The van der Waals surface area contributed by atoms with Crippen LogP contribution < -0.4 is 5.46 Å². The molecule has 4 rings (SSSR count). The van der Waals surface area contributed by atoms with Gasteiger partial charge in [-0.2, -0.15) is 0 Å². The normalized spacial score (nSPS) is 17.4. The van der Waals surface area contributed by atoms with Crippen molar-refractivity contribution in [3.63, 3.8) is 0 Å². The van der Waals surface area contributed by atoms with Gasteiger partial charge in [-0.15, -0.1) is 0 Å². The van der Waals surface area contributed by atoms with E-state index < -0.39 is 0 Å². The molecule has 0 aliphatic carbocycles. The fourth-order valence-electron chi connectivity index (χ4n) is 3.88. The van der Waals surface area contributed by atoms with Crippen molar-refractivity contribution in [2.24, 2.45) is 0 Å². The van der Waals surface area contributed by atoms with Crippen LogP contribution in [0.2, 0.25) is 0 Å². The van der Waals surface area contributed by atoms with Crippen LogP contribution in [0, 0.1) is 0 Å². The van der Waals surface area contributed by atoms with E-state index in [9.17, 15) is 5.11 Å². The SMILES string of the molecule is CC1(C)OB(c2ccc3ncc(CCCCc4cncc(CO)c4)cc3c2)OC1(C)C. The minimum Gasteiger partial charge on any atom is -0.399 e. The number of aromatic nitrogens is 2. The van der Waals surface area contributed by atoms with Gasteiger partial charge in [0.2, 0.25) is 0 Å². The van der Waals surface area contributed by atoms with Gasteiger partial charge in [-0.25, -0.2) is 0 Å². The molecule has 0 radical (unpaired) electrons. The molecule has 1 saturated heterocycles. The van der Waals surface area contributed by atoms with Gasteiger partial charge in [-0.05, 0) is 87.7 Å². The number of unbranched alkanes of at least 4 members (excludes halogenated alkanes) is 1. The molecule has 1 aromatic carbocycles. The van der Waals surface area contributed by atoms with Gasteiger partial charge in [0.1, 0.15) is 0 Å². The van der Waals surface area contributed by atoms with Gasteiger partial charge >= 0.3 is 7.12 Å². The van der Waals surface area contributed by atoms with Crippen LogP contribution in [0.25, 0.3) is 10.9 Å². The summed E-state index contributed by atoms with van der Waals surface area (Å²) in [5.74, 6) is 0. The zero-order chi connectivity index (χ0) is 22.1. The summed E-state index contributed by atoms with van der Waals surface area (Å²) in [5, 5.41) is 10.4. The molecule has 1 aliphatic heterocycles. The monoisotopic (exact) mass is 418 g/mol. The van der Waals surface area contributed by atoms with Gasteiger partial charge in [0.25, 0.3) is 0 Å². The average molecular weight is 418 g/mol. The molecule has 0 unspecified atom stereocenters. The Kier molecular flexibility index (Phi) is 6.15. The minimum atomic E-state index is -0.360. The Bertz CT molecular complexity index is 1050. The van der Waals surface area contributed by atoms with Crippen molar-refractivity contribution >= 4 is 23.5 Å². The maximum atomic E-state index is 9.25. The van der Waals surface area contributed by atoms with Crippen molar-refractivity contribution in [3.8, 4) is 0 Å². The number of aliphatic hydroxyl groups excluding tert-OH is 1. The van der Waals surface area contributed by atoms with Gasteiger partial charge in [-0.3, -0.25) is 9.97 Å². The lowest BCUT2D eigenvalue weighted by Crippen LogP contribution is -2.41. The van der Waals surface area contributed by atoms with Crippen LogP contribution in [-0.2, 0) is 28.8 Å². The van der Waals surface area contributed by atoms with E-state index in [-0.39, 0.29) is 24.9 Å². The van der Waals surface area contributed by atoms with E-state index in [2.05, 4.69) is 49.8 Å². The molecule has 1 aliphatic rings. The van der Waals surface area contributed by atoms with Crippen molar-refractivity contribution in [1.29, 1.82) is 0 Å². The Balaban J connectivity index is 1.40. The van der Waals surface area contributed by atoms with Crippen LogP contribution in [0.5, 0.6) is 0 Å². The summed E-state index contributed by atoms with van der Waals surface area (Å²) in [6.07, 6.45) is 9.67. The highest BCUT2D eigenvalue weighted by atomic mass is 16.7. The molecule has 0 saturated carbocycles. The third kappa shape index (κ3) is 4.82. The van der Waals surface area contributed by atoms with E-state index in [0.29, 0.717) is 0 Å². The third-order valence-electron chi connectivity index (χ3n) is 6.50. The molecule has 6 heteroatoms. The Labute approximate surface area is 185 Å². The van der Waals surface area contributed by atoms with Crippen LogP contribution in [0.4, 0.5) is 0 Å². The van der Waals surface area contributed by atoms with E-state index in [0.717, 1.165) is 47.6 Å². The number of hydrogen-bond acceptors (Lipinski definition) is 5. The lowest BCUT2D eigenvalue weighted by atomic mass is 9.78. The summed E-state index contributed by atoms with van der Waals surface area (Å²) in [7, 11) is -0.360. The van der Waals surface area contributed by atoms with Gasteiger partial charge in [0, 0.05) is 24.0 Å². The second-order valence-electron chi connectivity index (χ2n) is 9.45. The summed E-state index contributed by atoms with van der Waals surface area (Å²) >= 11 is 0. The molecule has 0 spiro atoms. The molecule has 0 bridgehead atoms. The topological polar surface area (TPSA) is 64.5 Å².